The molecule has 1 aliphatic carbocycles. The molecule has 1 aromatic rings. The van der Waals surface area contributed by atoms with Gasteiger partial charge in [0.15, 0.2) is 0 Å². The maximum absolute atomic E-state index is 13.3. The fourth-order valence-electron chi connectivity index (χ4n) is 4.42. The maximum Gasteiger partial charge on any atom is 0.319 e. The zero-order chi connectivity index (χ0) is 18.5. The summed E-state index contributed by atoms with van der Waals surface area (Å²) in [5, 5.41) is 5.74. The first-order valence-electron chi connectivity index (χ1n) is 9.99. The third-order valence-corrected chi connectivity index (χ3v) is 5.78. The third-order valence-electron chi connectivity index (χ3n) is 5.78. The van der Waals surface area contributed by atoms with Crippen LogP contribution in [0.25, 0.3) is 0 Å². The summed E-state index contributed by atoms with van der Waals surface area (Å²) in [5.41, 5.74) is 0.727. The number of carbonyl (C=O) groups excluding carboxylic acids is 2. The molecule has 3 amide bonds. The van der Waals surface area contributed by atoms with Gasteiger partial charge in [-0.05, 0) is 49.7 Å². The predicted octanol–water partition coefficient (Wildman–Crippen LogP) is 4.01. The highest BCUT2D eigenvalue weighted by Gasteiger charge is 2.39. The zero-order valence-electron chi connectivity index (χ0n) is 15.9. The van der Waals surface area contributed by atoms with Crippen molar-refractivity contribution < 1.29 is 9.59 Å². The number of piperidine rings is 1. The van der Waals surface area contributed by atoms with Crippen LogP contribution in [0.15, 0.2) is 30.3 Å². The largest absolute Gasteiger partial charge is 0.338 e. The van der Waals surface area contributed by atoms with Crippen molar-refractivity contribution in [3.63, 3.8) is 0 Å². The second kappa shape index (κ2) is 8.56. The number of carbonyl (C=O) groups is 2. The Morgan fingerprint density at radius 2 is 1.73 bits per heavy atom. The number of nitrogens with one attached hydrogen (secondary N) is 2. The lowest BCUT2D eigenvalue weighted by Gasteiger charge is -2.45. The Hall–Kier alpha value is -2.04. The number of fused-ring (bicyclic) bond motifs is 1. The van der Waals surface area contributed by atoms with Gasteiger partial charge in [-0.1, -0.05) is 44.9 Å². The van der Waals surface area contributed by atoms with E-state index in [9.17, 15) is 9.59 Å². The highest BCUT2D eigenvalue weighted by molar-refractivity contribution is 5.94. The van der Waals surface area contributed by atoms with Crippen molar-refractivity contribution in [1.82, 2.24) is 10.2 Å². The lowest BCUT2D eigenvalue weighted by Crippen LogP contribution is -2.58. The Morgan fingerprint density at radius 3 is 2.46 bits per heavy atom. The summed E-state index contributed by atoms with van der Waals surface area (Å²) in [7, 11) is 0. The Balaban J connectivity index is 1.66. The number of anilines is 1. The second-order valence-electron chi connectivity index (χ2n) is 7.97. The van der Waals surface area contributed by atoms with Crippen molar-refractivity contribution in [3.05, 3.63) is 30.3 Å². The van der Waals surface area contributed by atoms with Crippen LogP contribution in [0.4, 0.5) is 10.5 Å². The molecule has 3 rings (SSSR count). The number of benzene rings is 1. The average Bonchev–Trinajstić information content (AvgIpc) is 2.65. The minimum absolute atomic E-state index is 0.0491. The van der Waals surface area contributed by atoms with E-state index in [4.69, 9.17) is 0 Å². The van der Waals surface area contributed by atoms with Crippen LogP contribution in [0, 0.1) is 11.8 Å². The van der Waals surface area contributed by atoms with Gasteiger partial charge in [0, 0.05) is 18.3 Å². The Morgan fingerprint density at radius 1 is 1.04 bits per heavy atom. The molecular formula is C21H31N3O2. The molecule has 0 spiro atoms. The number of para-hydroxylation sites is 1. The minimum Gasteiger partial charge on any atom is -0.338 e. The predicted molar refractivity (Wildman–Crippen MR) is 104 cm³/mol. The topological polar surface area (TPSA) is 61.4 Å². The summed E-state index contributed by atoms with van der Waals surface area (Å²) < 4.78 is 0. The van der Waals surface area contributed by atoms with Crippen LogP contribution >= 0.6 is 0 Å². The number of hydrogen-bond acceptors (Lipinski definition) is 2. The van der Waals surface area contributed by atoms with E-state index in [1.165, 1.54) is 25.7 Å². The number of nitrogens with zero attached hydrogens (tertiary/aromatic N) is 1. The molecule has 2 fully saturated rings. The summed E-state index contributed by atoms with van der Waals surface area (Å²) in [6.45, 7) is 4.81. The van der Waals surface area contributed by atoms with Crippen molar-refractivity contribution in [2.24, 2.45) is 11.8 Å². The van der Waals surface area contributed by atoms with E-state index in [-0.39, 0.29) is 17.9 Å². The number of likely N-dealkylation sites (tertiary alicyclic amines) is 1. The molecule has 142 valence electrons. The molecule has 1 heterocycles. The van der Waals surface area contributed by atoms with Crippen molar-refractivity contribution in [1.29, 1.82) is 0 Å². The summed E-state index contributed by atoms with van der Waals surface area (Å²) in [6, 6.07) is 8.88. The van der Waals surface area contributed by atoms with Gasteiger partial charge in [-0.2, -0.15) is 0 Å². The molecular weight excluding hydrogens is 326 g/mol. The summed E-state index contributed by atoms with van der Waals surface area (Å²) in [6.07, 6.45) is 7.16. The molecule has 2 aliphatic rings. The first-order valence-corrected chi connectivity index (χ1v) is 9.99. The van der Waals surface area contributed by atoms with Crippen LogP contribution in [0.3, 0.4) is 0 Å². The Bertz CT molecular complexity index is 615. The quantitative estimate of drug-likeness (QED) is 0.855. The number of hydrogen-bond donors (Lipinski definition) is 2. The van der Waals surface area contributed by atoms with Crippen molar-refractivity contribution >= 4 is 17.6 Å². The molecule has 1 saturated heterocycles. The average molecular weight is 357 g/mol. The van der Waals surface area contributed by atoms with E-state index in [1.807, 2.05) is 44.2 Å². The summed E-state index contributed by atoms with van der Waals surface area (Å²) in [4.78, 5) is 27.7. The standard InChI is InChI=1S/C21H31N3O2/c1-15(2)19(23-21(26)22-17-11-4-3-5-12-17)20(25)24-14-8-10-16-9-6-7-13-18(16)24/h3-5,11-12,15-16,18-19H,6-10,13-14H2,1-2H3,(H2,22,23,26)/t16-,18-,19+/m1/s1. The molecule has 0 unspecified atom stereocenters. The zero-order valence-corrected chi connectivity index (χ0v) is 15.9. The monoisotopic (exact) mass is 357 g/mol. The first-order chi connectivity index (χ1) is 12.6. The highest BCUT2D eigenvalue weighted by atomic mass is 16.2. The summed E-state index contributed by atoms with van der Waals surface area (Å²) >= 11 is 0. The normalized spacial score (nSPS) is 23.9. The van der Waals surface area contributed by atoms with Crippen molar-refractivity contribution in [2.75, 3.05) is 11.9 Å². The van der Waals surface area contributed by atoms with Crippen molar-refractivity contribution in [2.45, 2.75) is 64.5 Å². The molecule has 2 N–H and O–H groups in total. The van der Waals surface area contributed by atoms with Crippen LogP contribution in [0.2, 0.25) is 0 Å². The van der Waals surface area contributed by atoms with E-state index >= 15 is 0 Å². The third kappa shape index (κ3) is 4.37. The molecule has 5 nitrogen and oxygen atoms in total. The van der Waals surface area contributed by atoms with Crippen LogP contribution in [0.5, 0.6) is 0 Å². The van der Waals surface area contributed by atoms with Gasteiger partial charge < -0.3 is 15.5 Å². The van der Waals surface area contributed by atoms with E-state index in [0.29, 0.717) is 12.0 Å². The maximum atomic E-state index is 13.3. The van der Waals surface area contributed by atoms with Crippen LogP contribution < -0.4 is 10.6 Å². The van der Waals surface area contributed by atoms with Gasteiger partial charge in [0.25, 0.3) is 0 Å². The van der Waals surface area contributed by atoms with E-state index in [0.717, 1.165) is 25.1 Å². The van der Waals surface area contributed by atoms with Crippen LogP contribution in [0.1, 0.15) is 52.4 Å². The molecule has 1 saturated carbocycles. The highest BCUT2D eigenvalue weighted by Crippen LogP contribution is 2.35. The first kappa shape index (κ1) is 18.7. The lowest BCUT2D eigenvalue weighted by molar-refractivity contribution is -0.140. The molecule has 3 atom stereocenters. The molecule has 0 bridgehead atoms. The van der Waals surface area contributed by atoms with Gasteiger partial charge in [-0.15, -0.1) is 0 Å². The molecule has 0 aromatic heterocycles. The van der Waals surface area contributed by atoms with Crippen molar-refractivity contribution in [3.8, 4) is 0 Å². The lowest BCUT2D eigenvalue weighted by atomic mass is 9.78. The van der Waals surface area contributed by atoms with Gasteiger partial charge in [-0.3, -0.25) is 4.79 Å². The van der Waals surface area contributed by atoms with Gasteiger partial charge in [0.2, 0.25) is 5.91 Å². The second-order valence-corrected chi connectivity index (χ2v) is 7.97. The van der Waals surface area contributed by atoms with Gasteiger partial charge in [0.1, 0.15) is 6.04 Å². The fraction of sp³-hybridized carbons (Fsp3) is 0.619. The molecule has 1 aliphatic heterocycles. The summed E-state index contributed by atoms with van der Waals surface area (Å²) in [5.74, 6) is 0.778. The van der Waals surface area contributed by atoms with Gasteiger partial charge in [-0.25, -0.2) is 4.79 Å². The van der Waals surface area contributed by atoms with E-state index < -0.39 is 6.04 Å². The van der Waals surface area contributed by atoms with E-state index in [1.54, 1.807) is 0 Å². The number of rotatable bonds is 4. The molecule has 5 heteroatoms. The van der Waals surface area contributed by atoms with Gasteiger partial charge in [0.05, 0.1) is 0 Å². The molecule has 1 aromatic carbocycles. The Kier molecular flexibility index (Phi) is 6.17. The number of amides is 3. The molecule has 26 heavy (non-hydrogen) atoms. The van der Waals surface area contributed by atoms with Crippen LogP contribution in [-0.4, -0.2) is 35.5 Å². The molecule has 0 radical (unpaired) electrons. The minimum atomic E-state index is -0.487. The van der Waals surface area contributed by atoms with Crippen LogP contribution in [-0.2, 0) is 4.79 Å². The smallest absolute Gasteiger partial charge is 0.319 e. The Labute approximate surface area is 156 Å². The van der Waals surface area contributed by atoms with E-state index in [2.05, 4.69) is 15.5 Å². The SMILES string of the molecule is CC(C)[C@H](NC(=O)Nc1ccccc1)C(=O)N1CCC[C@H]2CCCC[C@H]21. The number of urea groups is 1. The fourth-order valence-corrected chi connectivity index (χ4v) is 4.42. The van der Waals surface area contributed by atoms with Gasteiger partial charge >= 0.3 is 6.03 Å².